The molecule has 0 heterocycles. The molecule has 0 saturated carbocycles. The molecule has 0 aliphatic carbocycles. The Kier molecular flexibility index (Phi) is 2.80. The summed E-state index contributed by atoms with van der Waals surface area (Å²) >= 11 is 0. The van der Waals surface area contributed by atoms with Gasteiger partial charge in [0, 0.05) is 0 Å². The summed E-state index contributed by atoms with van der Waals surface area (Å²) in [5, 5.41) is 9.97. The molecule has 7 heteroatoms. The molecule has 76 valence electrons. The zero-order valence-corrected chi connectivity index (χ0v) is 7.65. The van der Waals surface area contributed by atoms with Crippen molar-refractivity contribution in [3.8, 4) is 0 Å². The average molecular weight is 219 g/mol. The quantitative estimate of drug-likeness (QED) is 0.431. The highest BCUT2D eigenvalue weighted by Gasteiger charge is 2.37. The predicted molar refractivity (Wildman–Crippen MR) is 45.5 cm³/mol. The van der Waals surface area contributed by atoms with Crippen LogP contribution < -0.4 is 0 Å². The van der Waals surface area contributed by atoms with E-state index in [9.17, 15) is 22.9 Å². The summed E-state index contributed by atoms with van der Waals surface area (Å²) in [6, 6.07) is 6.45. The van der Waals surface area contributed by atoms with Crippen LogP contribution in [0.3, 0.4) is 0 Å². The number of alkyl halides is 1. The Morgan fingerprint density at radius 1 is 1.29 bits per heavy atom. The van der Waals surface area contributed by atoms with Crippen molar-refractivity contribution in [1.82, 2.24) is 0 Å². The summed E-state index contributed by atoms with van der Waals surface area (Å²) in [5.41, 5.74) is -3.11. The first-order chi connectivity index (χ1) is 6.46. The molecule has 0 fully saturated rings. The zero-order chi connectivity index (χ0) is 10.8. The number of hydrogen-bond acceptors (Lipinski definition) is 4. The SMILES string of the molecule is O=[N+]([O-])C(F)S(=O)(=O)c1ccccc1. The van der Waals surface area contributed by atoms with Gasteiger partial charge >= 0.3 is 5.63 Å². The summed E-state index contributed by atoms with van der Waals surface area (Å²) in [5.74, 6) is 0. The van der Waals surface area contributed by atoms with E-state index in [0.29, 0.717) is 0 Å². The van der Waals surface area contributed by atoms with Crippen molar-refractivity contribution >= 4 is 9.84 Å². The van der Waals surface area contributed by atoms with E-state index < -0.39 is 25.3 Å². The van der Waals surface area contributed by atoms with Crippen molar-refractivity contribution in [2.24, 2.45) is 0 Å². The summed E-state index contributed by atoms with van der Waals surface area (Å²) in [6.45, 7) is 0. The van der Waals surface area contributed by atoms with Crippen LogP contribution in [0.15, 0.2) is 35.2 Å². The van der Waals surface area contributed by atoms with Crippen LogP contribution in [0.5, 0.6) is 0 Å². The van der Waals surface area contributed by atoms with Gasteiger partial charge in [-0.2, -0.15) is 4.39 Å². The molecule has 1 rings (SSSR count). The van der Waals surface area contributed by atoms with E-state index in [-0.39, 0.29) is 0 Å². The van der Waals surface area contributed by atoms with Gasteiger partial charge in [0.05, 0.1) is 9.82 Å². The van der Waals surface area contributed by atoms with Crippen LogP contribution in [0, 0.1) is 10.1 Å². The molecule has 5 nitrogen and oxygen atoms in total. The largest absolute Gasteiger partial charge is 0.453 e. The fourth-order valence-electron chi connectivity index (χ4n) is 0.836. The first kappa shape index (κ1) is 10.6. The van der Waals surface area contributed by atoms with E-state index in [4.69, 9.17) is 0 Å². The molecule has 0 aromatic heterocycles. The maximum Gasteiger partial charge on any atom is 0.453 e. The van der Waals surface area contributed by atoms with E-state index in [1.807, 2.05) is 0 Å². The van der Waals surface area contributed by atoms with E-state index >= 15 is 0 Å². The third-order valence-electron chi connectivity index (χ3n) is 1.49. The van der Waals surface area contributed by atoms with Crippen LogP contribution >= 0.6 is 0 Å². The molecule has 1 atom stereocenters. The monoisotopic (exact) mass is 219 g/mol. The fraction of sp³-hybridized carbons (Fsp3) is 0.143. The molecule has 1 aromatic rings. The highest BCUT2D eigenvalue weighted by atomic mass is 32.2. The number of hydrogen-bond donors (Lipinski definition) is 0. The van der Waals surface area contributed by atoms with Gasteiger partial charge in [-0.25, -0.2) is 8.42 Å². The molecule has 1 unspecified atom stereocenters. The number of nitro groups is 1. The number of rotatable bonds is 3. The molecule has 14 heavy (non-hydrogen) atoms. The summed E-state index contributed by atoms with van der Waals surface area (Å²) < 4.78 is 35.0. The molecule has 0 saturated heterocycles. The molecule has 0 aliphatic rings. The Balaban J connectivity index is 3.16. The molecular formula is C7H6FNO4S. The van der Waals surface area contributed by atoms with Crippen molar-refractivity contribution in [3.05, 3.63) is 40.4 Å². The van der Waals surface area contributed by atoms with E-state index in [2.05, 4.69) is 0 Å². The maximum atomic E-state index is 12.7. The highest BCUT2D eigenvalue weighted by Crippen LogP contribution is 2.16. The molecule has 1 aromatic carbocycles. The van der Waals surface area contributed by atoms with Gasteiger partial charge in [-0.15, -0.1) is 0 Å². The van der Waals surface area contributed by atoms with Gasteiger partial charge in [0.1, 0.15) is 0 Å². The first-order valence-corrected chi connectivity index (χ1v) is 5.07. The first-order valence-electron chi connectivity index (χ1n) is 3.53. The van der Waals surface area contributed by atoms with Crippen molar-refractivity contribution in [1.29, 1.82) is 0 Å². The molecule has 0 aliphatic heterocycles. The predicted octanol–water partition coefficient (Wildman–Crippen LogP) is 0.990. The standard InChI is InChI=1S/C7H6FNO4S/c8-7(9(10)11)14(12,13)6-4-2-1-3-5-6/h1-5,7H. The molecule has 0 radical (unpaired) electrons. The number of nitrogens with zero attached hydrogens (tertiary/aromatic N) is 1. The minimum absolute atomic E-state index is 0.399. The lowest BCUT2D eigenvalue weighted by Gasteiger charge is -2.02. The maximum absolute atomic E-state index is 12.7. The van der Waals surface area contributed by atoms with Crippen LogP contribution in [0.4, 0.5) is 4.39 Å². The Morgan fingerprint density at radius 3 is 2.21 bits per heavy atom. The van der Waals surface area contributed by atoms with Crippen LogP contribution in [-0.4, -0.2) is 19.0 Å². The normalized spacial score (nSPS) is 13.5. The third kappa shape index (κ3) is 1.87. The number of sulfone groups is 1. The Labute approximate surface area is 79.2 Å². The van der Waals surface area contributed by atoms with Crippen molar-refractivity contribution < 1.29 is 17.7 Å². The second-order valence-electron chi connectivity index (χ2n) is 2.44. The highest BCUT2D eigenvalue weighted by molar-refractivity contribution is 7.91. The van der Waals surface area contributed by atoms with E-state index in [1.165, 1.54) is 18.2 Å². The van der Waals surface area contributed by atoms with Gasteiger partial charge in [-0.3, -0.25) is 10.1 Å². The molecular weight excluding hydrogens is 213 g/mol. The smallest absolute Gasteiger partial charge is 0.261 e. The van der Waals surface area contributed by atoms with E-state index in [0.717, 1.165) is 12.1 Å². The van der Waals surface area contributed by atoms with Crippen LogP contribution in [-0.2, 0) is 9.84 Å². The Hall–Kier alpha value is -1.50. The van der Waals surface area contributed by atoms with Crippen molar-refractivity contribution in [3.63, 3.8) is 0 Å². The lowest BCUT2D eigenvalue weighted by atomic mass is 10.4. The third-order valence-corrected chi connectivity index (χ3v) is 3.11. The summed E-state index contributed by atoms with van der Waals surface area (Å²) in [6.07, 6.45) is 0. The van der Waals surface area contributed by atoms with Crippen LogP contribution in [0.25, 0.3) is 0 Å². The lowest BCUT2D eigenvalue weighted by molar-refractivity contribution is -0.525. The minimum Gasteiger partial charge on any atom is -0.261 e. The second-order valence-corrected chi connectivity index (χ2v) is 4.39. The van der Waals surface area contributed by atoms with Crippen molar-refractivity contribution in [2.75, 3.05) is 0 Å². The van der Waals surface area contributed by atoms with Gasteiger partial charge < -0.3 is 0 Å². The van der Waals surface area contributed by atoms with Crippen molar-refractivity contribution in [2.45, 2.75) is 10.5 Å². The van der Waals surface area contributed by atoms with Gasteiger partial charge in [-0.1, -0.05) is 18.2 Å². The fourth-order valence-corrected chi connectivity index (χ4v) is 1.82. The topological polar surface area (TPSA) is 77.3 Å². The molecule has 0 bridgehead atoms. The van der Waals surface area contributed by atoms with Gasteiger partial charge in [0.25, 0.3) is 9.84 Å². The average Bonchev–Trinajstić information content (AvgIpc) is 2.18. The molecule has 0 N–H and O–H groups in total. The summed E-state index contributed by atoms with van der Waals surface area (Å²) in [7, 11) is -4.50. The van der Waals surface area contributed by atoms with Gasteiger partial charge in [0.2, 0.25) is 0 Å². The Morgan fingerprint density at radius 2 is 1.79 bits per heavy atom. The zero-order valence-electron chi connectivity index (χ0n) is 6.83. The van der Waals surface area contributed by atoms with E-state index in [1.54, 1.807) is 0 Å². The lowest BCUT2D eigenvalue weighted by Crippen LogP contribution is -2.24. The molecule has 0 amide bonds. The second kappa shape index (κ2) is 3.70. The van der Waals surface area contributed by atoms with Crippen LogP contribution in [0.2, 0.25) is 0 Å². The Bertz CT molecular complexity index is 430. The van der Waals surface area contributed by atoms with Gasteiger partial charge in [-0.05, 0) is 12.1 Å². The van der Waals surface area contributed by atoms with Crippen LogP contribution in [0.1, 0.15) is 0 Å². The number of halogens is 1. The summed E-state index contributed by atoms with van der Waals surface area (Å²) in [4.78, 5) is 8.09. The minimum atomic E-state index is -4.50. The number of benzene rings is 1. The molecule has 0 spiro atoms. The van der Waals surface area contributed by atoms with Gasteiger partial charge in [0.15, 0.2) is 0 Å².